The molecule has 3 aromatic rings. The molecule has 0 unspecified atom stereocenters. The summed E-state index contributed by atoms with van der Waals surface area (Å²) in [5.74, 6) is -0.333. The van der Waals surface area contributed by atoms with Crippen molar-refractivity contribution in [3.63, 3.8) is 0 Å². The van der Waals surface area contributed by atoms with Crippen LogP contribution in [-0.4, -0.2) is 35.9 Å². The van der Waals surface area contributed by atoms with Gasteiger partial charge in [-0.15, -0.1) is 0 Å². The molecule has 0 bridgehead atoms. The summed E-state index contributed by atoms with van der Waals surface area (Å²) in [5.41, 5.74) is 1.67. The van der Waals surface area contributed by atoms with E-state index >= 15 is 0 Å². The van der Waals surface area contributed by atoms with Crippen molar-refractivity contribution >= 4 is 11.8 Å². The lowest BCUT2D eigenvalue weighted by molar-refractivity contribution is -0.142. The molecule has 172 valence electrons. The van der Waals surface area contributed by atoms with E-state index in [2.05, 4.69) is 5.32 Å². The summed E-state index contributed by atoms with van der Waals surface area (Å²) in [5, 5.41) is 2.92. The molecule has 0 saturated carbocycles. The molecule has 0 aliphatic carbocycles. The van der Waals surface area contributed by atoms with Gasteiger partial charge in [0.25, 0.3) is 5.91 Å². The Hall–Kier alpha value is -3.67. The van der Waals surface area contributed by atoms with Crippen molar-refractivity contribution in [1.29, 1.82) is 0 Å². The fourth-order valence-corrected chi connectivity index (χ4v) is 3.45. The molecule has 6 heteroatoms. The van der Waals surface area contributed by atoms with Gasteiger partial charge in [0.05, 0.1) is 0 Å². The summed E-state index contributed by atoms with van der Waals surface area (Å²) in [6.07, 6.45) is 1.14. The fourth-order valence-electron chi connectivity index (χ4n) is 3.45. The Bertz CT molecular complexity index is 1010. The summed E-state index contributed by atoms with van der Waals surface area (Å²) in [6.45, 7) is 2.44. The molecule has 0 fully saturated rings. The fraction of sp³-hybridized carbons (Fsp3) is 0.259. The lowest BCUT2D eigenvalue weighted by atomic mass is 10.0. The minimum atomic E-state index is -0.740. The lowest BCUT2D eigenvalue weighted by Crippen LogP contribution is -2.51. The van der Waals surface area contributed by atoms with Crippen molar-refractivity contribution in [3.05, 3.63) is 102 Å². The van der Waals surface area contributed by atoms with Gasteiger partial charge in [0, 0.05) is 19.5 Å². The molecule has 0 spiro atoms. The maximum Gasteiger partial charge on any atom is 0.261 e. The monoisotopic (exact) mass is 448 g/mol. The van der Waals surface area contributed by atoms with Gasteiger partial charge < -0.3 is 15.0 Å². The molecule has 0 aliphatic heterocycles. The Kier molecular flexibility index (Phi) is 9.00. The van der Waals surface area contributed by atoms with Crippen LogP contribution < -0.4 is 10.1 Å². The second-order valence-corrected chi connectivity index (χ2v) is 7.75. The molecular formula is C27H29FN2O3. The Balaban J connectivity index is 1.87. The maximum absolute atomic E-state index is 13.4. The number of nitrogens with zero attached hydrogens (tertiary/aromatic N) is 1. The third-order valence-corrected chi connectivity index (χ3v) is 5.19. The molecule has 3 aromatic carbocycles. The Labute approximate surface area is 194 Å². The molecule has 0 aliphatic rings. The van der Waals surface area contributed by atoms with E-state index in [0.29, 0.717) is 18.7 Å². The van der Waals surface area contributed by atoms with Gasteiger partial charge in [0.2, 0.25) is 5.91 Å². The number of nitrogens with one attached hydrogen (secondary N) is 1. The predicted octanol–water partition coefficient (Wildman–Crippen LogP) is 4.37. The van der Waals surface area contributed by atoms with Crippen LogP contribution in [0.2, 0.25) is 0 Å². The second-order valence-electron chi connectivity index (χ2n) is 7.75. The molecule has 1 N–H and O–H groups in total. The highest BCUT2D eigenvalue weighted by Crippen LogP contribution is 2.16. The van der Waals surface area contributed by atoms with Crippen molar-refractivity contribution < 1.29 is 18.7 Å². The topological polar surface area (TPSA) is 58.6 Å². The van der Waals surface area contributed by atoms with E-state index in [1.807, 2.05) is 55.5 Å². The number of carbonyl (C=O) groups excluding carboxylic acids is 2. The average Bonchev–Trinajstić information content (AvgIpc) is 2.85. The Morgan fingerprint density at radius 3 is 2.18 bits per heavy atom. The highest BCUT2D eigenvalue weighted by Gasteiger charge is 2.30. The standard InChI is InChI=1S/C27H29FN2O3/c1-2-17-29-27(32)25(18-21-9-5-3-6-10-21)30(19-22-13-15-23(28)16-14-22)26(31)20-33-24-11-7-4-8-12-24/h3-16,25H,2,17-20H2,1H3,(H,29,32)/t25-/m1/s1. The summed E-state index contributed by atoms with van der Waals surface area (Å²) in [7, 11) is 0. The van der Waals surface area contributed by atoms with Gasteiger partial charge in [-0.25, -0.2) is 4.39 Å². The van der Waals surface area contributed by atoms with E-state index in [1.54, 1.807) is 24.3 Å². The van der Waals surface area contributed by atoms with Crippen LogP contribution in [0.4, 0.5) is 4.39 Å². The first-order valence-corrected chi connectivity index (χ1v) is 11.1. The number of benzene rings is 3. The van der Waals surface area contributed by atoms with Crippen molar-refractivity contribution in [2.75, 3.05) is 13.2 Å². The third kappa shape index (κ3) is 7.45. The van der Waals surface area contributed by atoms with Crippen molar-refractivity contribution in [3.8, 4) is 5.75 Å². The molecule has 5 nitrogen and oxygen atoms in total. The molecular weight excluding hydrogens is 419 g/mol. The number of hydrogen-bond acceptors (Lipinski definition) is 3. The van der Waals surface area contributed by atoms with E-state index in [0.717, 1.165) is 17.5 Å². The number of para-hydroxylation sites is 1. The lowest BCUT2D eigenvalue weighted by Gasteiger charge is -2.31. The quantitative estimate of drug-likeness (QED) is 0.474. The molecule has 0 saturated heterocycles. The van der Waals surface area contributed by atoms with Crippen LogP contribution >= 0.6 is 0 Å². The van der Waals surface area contributed by atoms with Crippen molar-refractivity contribution in [2.45, 2.75) is 32.4 Å². The van der Waals surface area contributed by atoms with Crippen LogP contribution in [0.1, 0.15) is 24.5 Å². The Morgan fingerprint density at radius 1 is 0.909 bits per heavy atom. The smallest absolute Gasteiger partial charge is 0.261 e. The normalized spacial score (nSPS) is 11.5. The van der Waals surface area contributed by atoms with Crippen LogP contribution in [0, 0.1) is 5.82 Å². The maximum atomic E-state index is 13.4. The molecule has 3 rings (SSSR count). The summed E-state index contributed by atoms with van der Waals surface area (Å²) >= 11 is 0. The molecule has 0 radical (unpaired) electrons. The van der Waals surface area contributed by atoms with E-state index in [9.17, 15) is 14.0 Å². The third-order valence-electron chi connectivity index (χ3n) is 5.19. The summed E-state index contributed by atoms with van der Waals surface area (Å²) < 4.78 is 19.1. The van der Waals surface area contributed by atoms with Crippen LogP contribution in [0.15, 0.2) is 84.9 Å². The molecule has 0 heterocycles. The van der Waals surface area contributed by atoms with E-state index in [-0.39, 0.29) is 30.8 Å². The van der Waals surface area contributed by atoms with Crippen molar-refractivity contribution in [2.24, 2.45) is 0 Å². The van der Waals surface area contributed by atoms with E-state index in [1.165, 1.54) is 17.0 Å². The first-order valence-electron chi connectivity index (χ1n) is 11.1. The highest BCUT2D eigenvalue weighted by atomic mass is 19.1. The average molecular weight is 449 g/mol. The zero-order valence-electron chi connectivity index (χ0n) is 18.7. The van der Waals surface area contributed by atoms with Gasteiger partial charge in [-0.2, -0.15) is 0 Å². The minimum Gasteiger partial charge on any atom is -0.484 e. The van der Waals surface area contributed by atoms with Gasteiger partial charge in [0.1, 0.15) is 17.6 Å². The number of ether oxygens (including phenoxy) is 1. The van der Waals surface area contributed by atoms with Gasteiger partial charge >= 0.3 is 0 Å². The van der Waals surface area contributed by atoms with E-state index in [4.69, 9.17) is 4.74 Å². The molecule has 1 atom stereocenters. The molecule has 2 amide bonds. The van der Waals surface area contributed by atoms with Crippen LogP contribution in [-0.2, 0) is 22.6 Å². The van der Waals surface area contributed by atoms with Gasteiger partial charge in [0.15, 0.2) is 6.61 Å². The zero-order chi connectivity index (χ0) is 23.5. The van der Waals surface area contributed by atoms with Gasteiger partial charge in [-0.1, -0.05) is 67.6 Å². The van der Waals surface area contributed by atoms with Gasteiger partial charge in [-0.3, -0.25) is 9.59 Å². The summed E-state index contributed by atoms with van der Waals surface area (Å²) in [4.78, 5) is 28.0. The second kappa shape index (κ2) is 12.4. The van der Waals surface area contributed by atoms with Gasteiger partial charge in [-0.05, 0) is 41.8 Å². The van der Waals surface area contributed by atoms with Crippen LogP contribution in [0.3, 0.4) is 0 Å². The SMILES string of the molecule is CCCNC(=O)[C@@H](Cc1ccccc1)N(Cc1ccc(F)cc1)C(=O)COc1ccccc1. The predicted molar refractivity (Wildman–Crippen MR) is 126 cm³/mol. The van der Waals surface area contributed by atoms with E-state index < -0.39 is 6.04 Å². The largest absolute Gasteiger partial charge is 0.484 e. The minimum absolute atomic E-state index is 0.161. The highest BCUT2D eigenvalue weighted by molar-refractivity contribution is 5.88. The number of amides is 2. The number of hydrogen-bond donors (Lipinski definition) is 1. The number of carbonyl (C=O) groups is 2. The first kappa shape index (κ1) is 24.0. The first-order chi connectivity index (χ1) is 16.1. The van der Waals surface area contributed by atoms with Crippen molar-refractivity contribution in [1.82, 2.24) is 10.2 Å². The number of rotatable bonds is 11. The Morgan fingerprint density at radius 2 is 1.55 bits per heavy atom. The van der Waals surface area contributed by atoms with Crippen LogP contribution in [0.25, 0.3) is 0 Å². The molecule has 33 heavy (non-hydrogen) atoms. The number of halogens is 1. The van der Waals surface area contributed by atoms with Crippen LogP contribution in [0.5, 0.6) is 5.75 Å². The summed E-state index contributed by atoms with van der Waals surface area (Å²) in [6, 6.07) is 23.8. The zero-order valence-corrected chi connectivity index (χ0v) is 18.7. The molecule has 0 aromatic heterocycles.